The first-order valence-corrected chi connectivity index (χ1v) is 15.0. The van der Waals surface area contributed by atoms with E-state index in [2.05, 4.69) is 4.99 Å². The zero-order chi connectivity index (χ0) is 33.0. The number of methoxy groups -OCH3 is 3. The minimum atomic E-state index is -1.02. The number of thiazole rings is 1. The number of aromatic nitrogens is 1. The molecule has 0 bridgehead atoms. The summed E-state index contributed by atoms with van der Waals surface area (Å²) in [5.74, 6) is 0.255. The molecule has 3 aromatic carbocycles. The van der Waals surface area contributed by atoms with Crippen molar-refractivity contribution in [3.8, 4) is 23.0 Å². The van der Waals surface area contributed by atoms with E-state index >= 15 is 0 Å². The quantitative estimate of drug-likeness (QED) is 0.240. The lowest BCUT2D eigenvalue weighted by Gasteiger charge is -2.25. The number of hydrogen-bond donors (Lipinski definition) is 1. The molecule has 1 atom stereocenters. The number of carboxylic acid groups (broad SMARTS) is 1. The first-order chi connectivity index (χ1) is 22.2. The Morgan fingerprint density at radius 1 is 0.957 bits per heavy atom. The summed E-state index contributed by atoms with van der Waals surface area (Å²) in [6.45, 7) is 3.73. The second-order valence-electron chi connectivity index (χ2n) is 10.1. The van der Waals surface area contributed by atoms with Crippen molar-refractivity contribution in [1.82, 2.24) is 4.57 Å². The van der Waals surface area contributed by atoms with Crippen molar-refractivity contribution in [2.24, 2.45) is 4.99 Å². The van der Waals surface area contributed by atoms with Crippen molar-refractivity contribution >= 4 is 29.4 Å². The molecule has 0 spiro atoms. The standard InChI is InChI=1S/C34H32N2O9S/c1-6-44-33(40)29-19(2)35-34-36(30(29)22-11-13-24(41-3)27(17-22)43-5)31(37)28(46-34)16-20-10-12-25(26(15-20)42-4)45-18-21-8-7-9-23(14-21)32(38)39/h7-17,30H,6,18H2,1-5H3,(H,38,39)/b28-16-. The van der Waals surface area contributed by atoms with E-state index in [-0.39, 0.29) is 29.9 Å². The van der Waals surface area contributed by atoms with Crippen LogP contribution in [0.5, 0.6) is 23.0 Å². The summed E-state index contributed by atoms with van der Waals surface area (Å²) < 4.78 is 29.7. The van der Waals surface area contributed by atoms with Gasteiger partial charge in [-0.05, 0) is 73.0 Å². The van der Waals surface area contributed by atoms with Crippen molar-refractivity contribution in [2.75, 3.05) is 27.9 Å². The van der Waals surface area contributed by atoms with Gasteiger partial charge in [0.05, 0.1) is 55.3 Å². The smallest absolute Gasteiger partial charge is 0.338 e. The van der Waals surface area contributed by atoms with Crippen LogP contribution >= 0.6 is 11.3 Å². The van der Waals surface area contributed by atoms with Crippen molar-refractivity contribution in [2.45, 2.75) is 26.5 Å². The van der Waals surface area contributed by atoms with E-state index in [0.717, 1.165) is 0 Å². The first-order valence-electron chi connectivity index (χ1n) is 14.2. The van der Waals surface area contributed by atoms with Crippen molar-refractivity contribution in [3.63, 3.8) is 0 Å². The number of fused-ring (bicyclic) bond motifs is 1. The first kappa shape index (κ1) is 32.0. The third kappa shape index (κ3) is 6.38. The highest BCUT2D eigenvalue weighted by Gasteiger charge is 2.34. The van der Waals surface area contributed by atoms with Crippen LogP contribution in [0.15, 0.2) is 81.7 Å². The Balaban J connectivity index is 1.54. The SMILES string of the molecule is CCOC(=O)C1=C(C)N=c2s/c(=C\c3ccc(OCc4cccc(C(=O)O)c4)c(OC)c3)c(=O)n2C1c1ccc(OC)c(OC)c1. The summed E-state index contributed by atoms with van der Waals surface area (Å²) in [6, 6.07) is 16.2. The fourth-order valence-electron chi connectivity index (χ4n) is 5.13. The number of carbonyl (C=O) groups is 2. The van der Waals surface area contributed by atoms with Gasteiger partial charge in [-0.3, -0.25) is 9.36 Å². The Kier molecular flexibility index (Phi) is 9.57. The number of allylic oxidation sites excluding steroid dienone is 1. The average molecular weight is 645 g/mol. The lowest BCUT2D eigenvalue weighted by atomic mass is 9.95. The monoisotopic (exact) mass is 644 g/mol. The Hall–Kier alpha value is -5.36. The molecule has 1 aliphatic heterocycles. The Labute approximate surface area is 268 Å². The molecule has 1 aliphatic rings. The van der Waals surface area contributed by atoms with Gasteiger partial charge in [-0.25, -0.2) is 14.6 Å². The van der Waals surface area contributed by atoms with Gasteiger partial charge in [0.2, 0.25) is 0 Å². The molecule has 0 aliphatic carbocycles. The predicted octanol–water partition coefficient (Wildman–Crippen LogP) is 4.10. The van der Waals surface area contributed by atoms with E-state index in [1.54, 1.807) is 74.5 Å². The number of ether oxygens (including phenoxy) is 5. The van der Waals surface area contributed by atoms with Gasteiger partial charge in [0, 0.05) is 0 Å². The van der Waals surface area contributed by atoms with E-state index in [1.165, 1.54) is 43.3 Å². The number of benzene rings is 3. The van der Waals surface area contributed by atoms with Crippen LogP contribution in [0.25, 0.3) is 6.08 Å². The van der Waals surface area contributed by atoms with E-state index < -0.39 is 18.0 Å². The molecule has 0 amide bonds. The van der Waals surface area contributed by atoms with Gasteiger partial charge in [-0.1, -0.05) is 35.6 Å². The summed E-state index contributed by atoms with van der Waals surface area (Å²) in [7, 11) is 4.55. The van der Waals surface area contributed by atoms with Crippen LogP contribution < -0.4 is 33.8 Å². The molecule has 46 heavy (non-hydrogen) atoms. The van der Waals surface area contributed by atoms with Crippen LogP contribution in [0.4, 0.5) is 0 Å². The van der Waals surface area contributed by atoms with Gasteiger partial charge in [-0.15, -0.1) is 0 Å². The second kappa shape index (κ2) is 13.7. The van der Waals surface area contributed by atoms with Crippen molar-refractivity contribution in [3.05, 3.63) is 114 Å². The lowest BCUT2D eigenvalue weighted by molar-refractivity contribution is -0.139. The van der Waals surface area contributed by atoms with Gasteiger partial charge in [0.25, 0.3) is 5.56 Å². The normalized spacial score (nSPS) is 14.3. The lowest BCUT2D eigenvalue weighted by Crippen LogP contribution is -2.39. The number of rotatable bonds is 11. The molecule has 0 fully saturated rings. The van der Waals surface area contributed by atoms with Gasteiger partial charge in [-0.2, -0.15) is 0 Å². The van der Waals surface area contributed by atoms with Crippen LogP contribution in [-0.2, 0) is 16.1 Å². The number of hydrogen-bond acceptors (Lipinski definition) is 10. The largest absolute Gasteiger partial charge is 0.493 e. The van der Waals surface area contributed by atoms with E-state index in [9.17, 15) is 19.5 Å². The highest BCUT2D eigenvalue weighted by atomic mass is 32.1. The molecule has 4 aromatic rings. The summed E-state index contributed by atoms with van der Waals surface area (Å²) in [5, 5.41) is 9.26. The number of esters is 1. The van der Waals surface area contributed by atoms with Crippen LogP contribution in [0.1, 0.15) is 46.9 Å². The average Bonchev–Trinajstić information content (AvgIpc) is 3.36. The minimum Gasteiger partial charge on any atom is -0.493 e. The topological polar surface area (TPSA) is 135 Å². The molecular formula is C34H32N2O9S. The van der Waals surface area contributed by atoms with Crippen LogP contribution in [0.3, 0.4) is 0 Å². The molecule has 1 aromatic heterocycles. The molecule has 238 valence electrons. The maximum atomic E-state index is 14.0. The fraction of sp³-hybridized carbons (Fsp3) is 0.235. The zero-order valence-electron chi connectivity index (χ0n) is 25.9. The third-order valence-electron chi connectivity index (χ3n) is 7.29. The summed E-state index contributed by atoms with van der Waals surface area (Å²) in [4.78, 5) is 43.6. The van der Waals surface area contributed by atoms with Crippen molar-refractivity contribution < 1.29 is 38.4 Å². The Morgan fingerprint density at radius 2 is 1.67 bits per heavy atom. The number of carboxylic acids is 1. The molecule has 1 unspecified atom stereocenters. The summed E-state index contributed by atoms with van der Waals surface area (Å²) in [6.07, 6.45) is 1.72. The van der Waals surface area contributed by atoms with Crippen molar-refractivity contribution in [1.29, 1.82) is 0 Å². The van der Waals surface area contributed by atoms with E-state index in [0.29, 0.717) is 54.7 Å². The molecule has 0 radical (unpaired) electrons. The van der Waals surface area contributed by atoms with Crippen LogP contribution in [0.2, 0.25) is 0 Å². The highest BCUT2D eigenvalue weighted by molar-refractivity contribution is 7.07. The number of carbonyl (C=O) groups excluding carboxylic acids is 1. The molecule has 2 heterocycles. The van der Waals surface area contributed by atoms with Crippen LogP contribution in [-0.4, -0.2) is 49.5 Å². The summed E-state index contributed by atoms with van der Waals surface area (Å²) >= 11 is 1.20. The fourth-order valence-corrected chi connectivity index (χ4v) is 6.18. The molecule has 12 heteroatoms. The van der Waals surface area contributed by atoms with Gasteiger partial charge < -0.3 is 28.8 Å². The van der Waals surface area contributed by atoms with Gasteiger partial charge in [0.15, 0.2) is 27.8 Å². The second-order valence-corrected chi connectivity index (χ2v) is 11.1. The number of nitrogens with zero attached hydrogens (tertiary/aromatic N) is 2. The molecule has 11 nitrogen and oxygen atoms in total. The van der Waals surface area contributed by atoms with Gasteiger partial charge in [0.1, 0.15) is 6.61 Å². The maximum absolute atomic E-state index is 14.0. The molecule has 1 N–H and O–H groups in total. The predicted molar refractivity (Wildman–Crippen MR) is 171 cm³/mol. The van der Waals surface area contributed by atoms with E-state index in [1.807, 2.05) is 0 Å². The molecule has 0 saturated heterocycles. The maximum Gasteiger partial charge on any atom is 0.338 e. The Bertz CT molecular complexity index is 2030. The molecule has 0 saturated carbocycles. The molecule has 5 rings (SSSR count). The Morgan fingerprint density at radius 3 is 2.37 bits per heavy atom. The zero-order valence-corrected chi connectivity index (χ0v) is 26.7. The minimum absolute atomic E-state index is 0.133. The van der Waals surface area contributed by atoms with Crippen LogP contribution in [0, 0.1) is 0 Å². The highest BCUT2D eigenvalue weighted by Crippen LogP contribution is 2.36. The summed E-state index contributed by atoms with van der Waals surface area (Å²) in [5.41, 5.74) is 2.52. The third-order valence-corrected chi connectivity index (χ3v) is 8.28. The van der Waals surface area contributed by atoms with E-state index in [4.69, 9.17) is 23.7 Å². The number of aromatic carboxylic acids is 1. The molecular weight excluding hydrogens is 612 g/mol. The van der Waals surface area contributed by atoms with Gasteiger partial charge >= 0.3 is 11.9 Å².